The summed E-state index contributed by atoms with van der Waals surface area (Å²) in [6, 6.07) is 66.0. The second-order valence-corrected chi connectivity index (χ2v) is 21.1. The standard InChI is InChI=1S/C62H59N4O.Pt/c1-59(2,3)44-23-17-24-48(35-44)65-41-64(55-32-28-46(37-57(55)65)61(7,8)42-19-13-11-14-20-42)49-25-18-26-50(39-49)67-51-29-30-52-53-36-45(60(4,5)6)27-31-54(53)66(56(52)40-51)58-38-47(33-34-63-58)62(9,10)43-21-15-12-16-22-43;/h11-38,41H,1-10H3;/q-3;. The van der Waals surface area contributed by atoms with E-state index in [4.69, 9.17) is 9.72 Å². The van der Waals surface area contributed by atoms with Crippen molar-refractivity contribution in [2.75, 3.05) is 9.80 Å². The molecular formula is C62H59N4OPt-3. The summed E-state index contributed by atoms with van der Waals surface area (Å²) in [7, 11) is 0. The molecule has 2 aromatic heterocycles. The van der Waals surface area contributed by atoms with Crippen molar-refractivity contribution in [3.05, 3.63) is 222 Å². The molecule has 0 aliphatic carbocycles. The summed E-state index contributed by atoms with van der Waals surface area (Å²) >= 11 is 0. The minimum absolute atomic E-state index is 0. The maximum atomic E-state index is 6.75. The van der Waals surface area contributed by atoms with E-state index >= 15 is 0 Å². The quantitative estimate of drug-likeness (QED) is 0.135. The molecule has 9 aromatic rings. The number of nitrogens with zero attached hydrogens (tertiary/aromatic N) is 4. The molecule has 1 aliphatic rings. The van der Waals surface area contributed by atoms with Crippen LogP contribution in [-0.2, 0) is 42.7 Å². The van der Waals surface area contributed by atoms with Crippen molar-refractivity contribution in [2.45, 2.75) is 90.9 Å². The molecule has 7 aromatic carbocycles. The topological polar surface area (TPSA) is 33.5 Å². The number of anilines is 4. The zero-order valence-electron chi connectivity index (χ0n) is 40.8. The van der Waals surface area contributed by atoms with Gasteiger partial charge in [-0.2, -0.15) is 12.1 Å². The van der Waals surface area contributed by atoms with Gasteiger partial charge in [0.1, 0.15) is 5.82 Å². The first-order chi connectivity index (χ1) is 32.0. The molecule has 0 radical (unpaired) electrons. The minimum atomic E-state index is -0.238. The fourth-order valence-corrected chi connectivity index (χ4v) is 9.48. The number of benzene rings is 7. The van der Waals surface area contributed by atoms with Crippen LogP contribution in [0.1, 0.15) is 103 Å². The SMILES string of the molecule is CC(C)(C)c1cccc(N2[CH-]N(c3[c-]c(Oc4[c-]c5c(cc4)c4cc(C(C)(C)C)ccc4n5-c4cc(C(C)(C)c5ccccc5)ccn4)ccc3)c3ccc(C(C)(C)c4ccccc4)cc32)c1.[Pt]. The van der Waals surface area contributed by atoms with Gasteiger partial charge in [-0.1, -0.05) is 166 Å². The first-order valence-corrected chi connectivity index (χ1v) is 23.4. The van der Waals surface area contributed by atoms with E-state index in [1.54, 1.807) is 0 Å². The van der Waals surface area contributed by atoms with Crippen molar-refractivity contribution in [1.82, 2.24) is 9.55 Å². The fourth-order valence-electron chi connectivity index (χ4n) is 9.48. The Kier molecular flexibility index (Phi) is 12.1. The Morgan fingerprint density at radius 2 is 1.07 bits per heavy atom. The molecule has 6 heteroatoms. The smallest absolute Gasteiger partial charge is 0.135 e. The van der Waals surface area contributed by atoms with Crippen molar-refractivity contribution in [3.8, 4) is 17.3 Å². The summed E-state index contributed by atoms with van der Waals surface area (Å²) in [6.07, 6.45) is 1.93. The van der Waals surface area contributed by atoms with Gasteiger partial charge >= 0.3 is 0 Å². The van der Waals surface area contributed by atoms with Gasteiger partial charge in [0.15, 0.2) is 0 Å². The third kappa shape index (κ3) is 8.56. The van der Waals surface area contributed by atoms with Crippen molar-refractivity contribution in [2.24, 2.45) is 0 Å². The first-order valence-electron chi connectivity index (χ1n) is 23.4. The molecule has 10 rings (SSSR count). The molecule has 0 N–H and O–H groups in total. The molecule has 0 bridgehead atoms. The molecule has 0 saturated carbocycles. The van der Waals surface area contributed by atoms with Gasteiger partial charge in [0.2, 0.25) is 0 Å². The van der Waals surface area contributed by atoms with Crippen LogP contribution >= 0.6 is 0 Å². The molecule has 0 spiro atoms. The van der Waals surface area contributed by atoms with E-state index in [1.165, 1.54) is 33.4 Å². The van der Waals surface area contributed by atoms with E-state index < -0.39 is 0 Å². The zero-order chi connectivity index (χ0) is 46.9. The van der Waals surface area contributed by atoms with E-state index in [0.717, 1.165) is 50.4 Å². The number of hydrogen-bond donors (Lipinski definition) is 0. The van der Waals surface area contributed by atoms with Crippen molar-refractivity contribution >= 4 is 44.6 Å². The van der Waals surface area contributed by atoms with E-state index in [9.17, 15) is 0 Å². The number of ether oxygens (including phenoxy) is 1. The van der Waals surface area contributed by atoms with Crippen molar-refractivity contribution in [1.29, 1.82) is 0 Å². The maximum Gasteiger partial charge on any atom is 0.135 e. The van der Waals surface area contributed by atoms with Crippen LogP contribution in [0.2, 0.25) is 0 Å². The van der Waals surface area contributed by atoms with Gasteiger partial charge in [0, 0.05) is 72.2 Å². The molecule has 3 heterocycles. The zero-order valence-corrected chi connectivity index (χ0v) is 43.0. The third-order valence-electron chi connectivity index (χ3n) is 13.9. The van der Waals surface area contributed by atoms with Crippen LogP contribution in [0, 0.1) is 18.8 Å². The first kappa shape index (κ1) is 46.7. The Morgan fingerprint density at radius 3 is 1.75 bits per heavy atom. The summed E-state index contributed by atoms with van der Waals surface area (Å²) in [6.45, 7) is 24.9. The monoisotopic (exact) mass is 1070 g/mol. The maximum absolute atomic E-state index is 6.75. The molecule has 1 aliphatic heterocycles. The number of aromatic nitrogens is 2. The van der Waals surface area contributed by atoms with Crippen LogP contribution in [0.3, 0.4) is 0 Å². The normalized spacial score (nSPS) is 13.2. The molecule has 0 atom stereocenters. The van der Waals surface area contributed by atoms with Crippen LogP contribution in [0.5, 0.6) is 11.5 Å². The van der Waals surface area contributed by atoms with Crippen LogP contribution in [0.25, 0.3) is 27.6 Å². The van der Waals surface area contributed by atoms with Crippen LogP contribution in [-0.4, -0.2) is 9.55 Å². The van der Waals surface area contributed by atoms with Crippen LogP contribution < -0.4 is 14.5 Å². The molecule has 346 valence electrons. The van der Waals surface area contributed by atoms with Crippen molar-refractivity contribution in [3.63, 3.8) is 0 Å². The van der Waals surface area contributed by atoms with Crippen LogP contribution in [0.4, 0.5) is 22.7 Å². The summed E-state index contributed by atoms with van der Waals surface area (Å²) in [5.41, 5.74) is 13.2. The van der Waals surface area contributed by atoms with E-state index in [1.807, 2.05) is 24.4 Å². The van der Waals surface area contributed by atoms with Crippen LogP contribution in [0.15, 0.2) is 170 Å². The summed E-state index contributed by atoms with van der Waals surface area (Å²) in [5, 5.41) is 2.25. The van der Waals surface area contributed by atoms with Gasteiger partial charge in [0.25, 0.3) is 0 Å². The summed E-state index contributed by atoms with van der Waals surface area (Å²) < 4.78 is 8.99. The van der Waals surface area contributed by atoms with Crippen molar-refractivity contribution < 1.29 is 25.8 Å². The average Bonchev–Trinajstić information content (AvgIpc) is 3.87. The Hall–Kier alpha value is -6.42. The Labute approximate surface area is 417 Å². The van der Waals surface area contributed by atoms with Gasteiger partial charge in [-0.15, -0.1) is 48.1 Å². The molecule has 0 unspecified atom stereocenters. The molecule has 0 amide bonds. The molecule has 68 heavy (non-hydrogen) atoms. The fraction of sp³-hybridized carbons (Fsp3) is 0.226. The minimum Gasteiger partial charge on any atom is -0.509 e. The van der Waals surface area contributed by atoms with Gasteiger partial charge in [-0.3, -0.25) is 0 Å². The molecule has 0 saturated heterocycles. The molecule has 0 fully saturated rings. The second kappa shape index (κ2) is 17.6. The predicted molar refractivity (Wildman–Crippen MR) is 279 cm³/mol. The van der Waals surface area contributed by atoms with Gasteiger partial charge in [-0.05, 0) is 92.1 Å². The number of pyridine rings is 1. The summed E-state index contributed by atoms with van der Waals surface area (Å²) in [4.78, 5) is 9.54. The molecule has 5 nitrogen and oxygen atoms in total. The number of hydrogen-bond acceptors (Lipinski definition) is 4. The average molecular weight is 1070 g/mol. The van der Waals surface area contributed by atoms with E-state index in [0.29, 0.717) is 11.5 Å². The Bertz CT molecular complexity index is 3280. The summed E-state index contributed by atoms with van der Waals surface area (Å²) in [5.74, 6) is 2.03. The Morgan fingerprint density at radius 1 is 0.471 bits per heavy atom. The van der Waals surface area contributed by atoms with Gasteiger partial charge < -0.3 is 19.1 Å². The predicted octanol–water partition coefficient (Wildman–Crippen LogP) is 16.2. The number of fused-ring (bicyclic) bond motifs is 4. The van der Waals surface area contributed by atoms with Gasteiger partial charge in [-0.25, -0.2) is 4.98 Å². The third-order valence-corrected chi connectivity index (χ3v) is 13.9. The largest absolute Gasteiger partial charge is 0.509 e. The van der Waals surface area contributed by atoms with Gasteiger partial charge in [0.05, 0.1) is 0 Å². The van der Waals surface area contributed by atoms with E-state index in [-0.39, 0.29) is 42.7 Å². The Balaban J connectivity index is 0.00000578. The molecular weight excluding hydrogens is 1010 g/mol. The van der Waals surface area contributed by atoms with E-state index in [2.05, 4.69) is 248 Å². The second-order valence-electron chi connectivity index (χ2n) is 21.1. The number of rotatable bonds is 9.